The number of ether oxygens (including phenoxy) is 2. The van der Waals surface area contributed by atoms with Crippen molar-refractivity contribution in [1.29, 1.82) is 0 Å². The van der Waals surface area contributed by atoms with Crippen LogP contribution in [-0.4, -0.2) is 41.0 Å². The van der Waals surface area contributed by atoms with Crippen LogP contribution in [0.3, 0.4) is 0 Å². The van der Waals surface area contributed by atoms with E-state index in [2.05, 4.69) is 0 Å². The largest absolute Gasteiger partial charge is 0.507 e. The molecule has 0 aliphatic heterocycles. The molecule has 0 bridgehead atoms. The van der Waals surface area contributed by atoms with Crippen LogP contribution in [-0.2, 0) is 4.74 Å². The summed E-state index contributed by atoms with van der Waals surface area (Å²) in [7, 11) is 1.51. The van der Waals surface area contributed by atoms with E-state index in [-0.39, 0.29) is 28.9 Å². The molecule has 0 saturated heterocycles. The minimum atomic E-state index is -1.13. The molecule has 0 radical (unpaired) electrons. The van der Waals surface area contributed by atoms with E-state index in [9.17, 15) is 24.6 Å². The van der Waals surface area contributed by atoms with E-state index in [4.69, 9.17) is 13.9 Å². The Bertz CT molecular complexity index is 1390. The van der Waals surface area contributed by atoms with Gasteiger partial charge in [0.05, 0.1) is 18.2 Å². The normalized spacial score (nSPS) is 13.8. The number of Topliss-reactive ketones (excluding diaryl/α,β-unsaturated/α-hetero) is 1. The van der Waals surface area contributed by atoms with Crippen molar-refractivity contribution >= 4 is 28.5 Å². The minimum Gasteiger partial charge on any atom is -0.507 e. The third-order valence-electron chi connectivity index (χ3n) is 5.45. The Morgan fingerprint density at radius 3 is 2.44 bits per heavy atom. The topological polar surface area (TPSA) is 123 Å². The lowest BCUT2D eigenvalue weighted by atomic mass is 9.85. The number of phenols is 2. The number of fused-ring (bicyclic) bond motifs is 2. The lowest BCUT2D eigenvalue weighted by Crippen LogP contribution is -2.29. The van der Waals surface area contributed by atoms with E-state index < -0.39 is 35.1 Å². The number of hydrogen-bond acceptors (Lipinski definition) is 8. The first-order chi connectivity index (χ1) is 16.2. The lowest BCUT2D eigenvalue weighted by molar-refractivity contribution is 0.0339. The highest BCUT2D eigenvalue weighted by Gasteiger charge is 2.36. The molecule has 0 spiro atoms. The van der Waals surface area contributed by atoms with E-state index in [0.29, 0.717) is 16.7 Å². The Balaban J connectivity index is 1.69. The van der Waals surface area contributed by atoms with Crippen LogP contribution in [0.25, 0.3) is 11.0 Å². The number of furan rings is 1. The molecule has 0 amide bonds. The molecular weight excluding hydrogens is 440 g/mol. The highest BCUT2D eigenvalue weighted by molar-refractivity contribution is 6.27. The summed E-state index contributed by atoms with van der Waals surface area (Å²) in [5, 5.41) is 20.9. The third-order valence-corrected chi connectivity index (χ3v) is 5.45. The summed E-state index contributed by atoms with van der Waals surface area (Å²) in [6.07, 6.45) is 1.78. The highest BCUT2D eigenvalue weighted by atomic mass is 16.6. The lowest BCUT2D eigenvalue weighted by Gasteiger charge is -2.23. The van der Waals surface area contributed by atoms with Crippen molar-refractivity contribution in [1.82, 2.24) is 0 Å². The van der Waals surface area contributed by atoms with Gasteiger partial charge in [0, 0.05) is 23.4 Å². The van der Waals surface area contributed by atoms with Crippen LogP contribution < -0.4 is 4.74 Å². The quantitative estimate of drug-likeness (QED) is 0.306. The van der Waals surface area contributed by atoms with Crippen molar-refractivity contribution in [2.75, 3.05) is 7.11 Å². The summed E-state index contributed by atoms with van der Waals surface area (Å²) < 4.78 is 16.4. The monoisotopic (exact) mass is 462 g/mol. The van der Waals surface area contributed by atoms with E-state index in [1.165, 1.54) is 13.2 Å². The van der Waals surface area contributed by atoms with E-state index >= 15 is 0 Å². The number of methoxy groups -OCH3 is 1. The molecular formula is C26H22O8. The molecule has 0 unspecified atom stereocenters. The van der Waals surface area contributed by atoms with E-state index in [0.717, 1.165) is 23.8 Å². The minimum absolute atomic E-state index is 0.0819. The zero-order valence-corrected chi connectivity index (χ0v) is 18.7. The fourth-order valence-corrected chi connectivity index (χ4v) is 3.73. The molecule has 8 heteroatoms. The van der Waals surface area contributed by atoms with Gasteiger partial charge in [-0.2, -0.15) is 0 Å². The van der Waals surface area contributed by atoms with Crippen LogP contribution in [0.2, 0.25) is 0 Å². The second-order valence-electron chi connectivity index (χ2n) is 8.07. The van der Waals surface area contributed by atoms with Gasteiger partial charge in [0.2, 0.25) is 5.76 Å². The molecule has 1 aliphatic carbocycles. The molecule has 34 heavy (non-hydrogen) atoms. The van der Waals surface area contributed by atoms with Gasteiger partial charge in [0.15, 0.2) is 11.6 Å². The summed E-state index contributed by atoms with van der Waals surface area (Å²) in [4.78, 5) is 38.9. The molecule has 8 nitrogen and oxygen atoms in total. The predicted octanol–water partition coefficient (Wildman–Crippen LogP) is 4.74. The number of phenolic OH excluding ortho intramolecular Hbond substituents is 2. The van der Waals surface area contributed by atoms with Gasteiger partial charge in [-0.05, 0) is 50.3 Å². The molecule has 1 aromatic heterocycles. The molecule has 1 atom stereocenters. The molecule has 3 aromatic rings. The number of benzene rings is 2. The van der Waals surface area contributed by atoms with Gasteiger partial charge in [-0.1, -0.05) is 11.6 Å². The Hall–Kier alpha value is -4.33. The van der Waals surface area contributed by atoms with Gasteiger partial charge >= 0.3 is 5.97 Å². The Labute approximate surface area is 194 Å². The maximum absolute atomic E-state index is 13.2. The number of ketones is 2. The molecule has 1 aliphatic rings. The number of aromatic hydroxyl groups is 2. The third kappa shape index (κ3) is 4.17. The van der Waals surface area contributed by atoms with E-state index in [1.807, 2.05) is 13.8 Å². The fourth-order valence-electron chi connectivity index (χ4n) is 3.73. The van der Waals surface area contributed by atoms with Crippen molar-refractivity contribution in [2.45, 2.75) is 26.4 Å². The molecule has 2 aromatic carbocycles. The molecule has 1 heterocycles. The molecule has 0 fully saturated rings. The summed E-state index contributed by atoms with van der Waals surface area (Å²) >= 11 is 0. The highest BCUT2D eigenvalue weighted by Crippen LogP contribution is 2.36. The fraction of sp³-hybridized carbons (Fsp3) is 0.192. The maximum Gasteiger partial charge on any atom is 0.374 e. The van der Waals surface area contributed by atoms with Crippen molar-refractivity contribution < 1.29 is 38.5 Å². The van der Waals surface area contributed by atoms with Gasteiger partial charge in [-0.15, -0.1) is 0 Å². The predicted molar refractivity (Wildman–Crippen MR) is 123 cm³/mol. The summed E-state index contributed by atoms with van der Waals surface area (Å²) in [6, 6.07) is 8.85. The number of carbonyl (C=O) groups is 3. The van der Waals surface area contributed by atoms with Gasteiger partial charge in [-0.25, -0.2) is 4.79 Å². The van der Waals surface area contributed by atoms with Crippen LogP contribution in [0, 0.1) is 0 Å². The summed E-state index contributed by atoms with van der Waals surface area (Å²) in [5.74, 6) is -2.60. The second kappa shape index (κ2) is 8.90. The van der Waals surface area contributed by atoms with Crippen LogP contribution >= 0.6 is 0 Å². The van der Waals surface area contributed by atoms with Crippen molar-refractivity contribution in [3.05, 3.63) is 76.6 Å². The van der Waals surface area contributed by atoms with E-state index in [1.54, 1.807) is 24.3 Å². The van der Waals surface area contributed by atoms with Gasteiger partial charge in [-0.3, -0.25) is 9.59 Å². The zero-order valence-electron chi connectivity index (χ0n) is 18.7. The Morgan fingerprint density at radius 2 is 1.76 bits per heavy atom. The molecule has 4 rings (SSSR count). The first kappa shape index (κ1) is 22.8. The van der Waals surface area contributed by atoms with Crippen molar-refractivity contribution in [2.24, 2.45) is 0 Å². The number of carbonyl (C=O) groups excluding carboxylic acids is 3. The zero-order chi connectivity index (χ0) is 24.6. The second-order valence-corrected chi connectivity index (χ2v) is 8.07. The van der Waals surface area contributed by atoms with Crippen molar-refractivity contribution in [3.8, 4) is 17.2 Å². The average Bonchev–Trinajstić information content (AvgIpc) is 3.23. The van der Waals surface area contributed by atoms with Gasteiger partial charge in [0.25, 0.3) is 0 Å². The first-order valence-electron chi connectivity index (χ1n) is 10.5. The summed E-state index contributed by atoms with van der Waals surface area (Å²) in [5.41, 5.74) is 0.614. The van der Waals surface area contributed by atoms with Crippen LogP contribution in [0.15, 0.2) is 64.1 Å². The van der Waals surface area contributed by atoms with Crippen LogP contribution in [0.5, 0.6) is 17.2 Å². The number of allylic oxidation sites excluding steroid dienone is 2. The molecule has 2 N–H and O–H groups in total. The summed E-state index contributed by atoms with van der Waals surface area (Å²) in [6.45, 7) is 3.68. The first-order valence-corrected chi connectivity index (χ1v) is 10.5. The SMILES string of the molecule is COc1ccc2cc(C(=O)O[C@H](CC=C(C)C)C3=CC(=O)c4c(O)ccc(O)c4C3=O)oc2c1. The smallest absolute Gasteiger partial charge is 0.374 e. The standard InChI is InChI=1S/C26H22O8/c1-13(2)4-9-20(16-12-19(29)23-17(27)7-8-18(28)24(23)25(16)30)34-26(31)22-10-14-5-6-15(32-3)11-21(14)33-22/h4-8,10-12,20,27-28H,9H2,1-3H3/t20-/m1/s1. The van der Waals surface area contributed by atoms with Crippen LogP contribution in [0.1, 0.15) is 51.5 Å². The van der Waals surface area contributed by atoms with Crippen LogP contribution in [0.4, 0.5) is 0 Å². The molecule has 0 saturated carbocycles. The maximum atomic E-state index is 13.2. The average molecular weight is 462 g/mol. The number of rotatable bonds is 6. The van der Waals surface area contributed by atoms with Gasteiger partial charge in [0.1, 0.15) is 28.9 Å². The Morgan fingerprint density at radius 1 is 1.06 bits per heavy atom. The molecule has 174 valence electrons. The van der Waals surface area contributed by atoms with Gasteiger partial charge < -0.3 is 24.1 Å². The van der Waals surface area contributed by atoms with Crippen molar-refractivity contribution in [3.63, 3.8) is 0 Å². The number of esters is 1. The number of hydrogen-bond donors (Lipinski definition) is 2. The Kier molecular flexibility index (Phi) is 5.98.